The molecule has 0 bridgehead atoms. The molecule has 176 valence electrons. The van der Waals surface area contributed by atoms with Crippen LogP contribution in [0.25, 0.3) is 10.9 Å². The molecule has 1 aliphatic heterocycles. The number of halogens is 1. The molecule has 2 aromatic carbocycles. The van der Waals surface area contributed by atoms with Crippen molar-refractivity contribution >= 4 is 45.1 Å². The Morgan fingerprint density at radius 2 is 1.74 bits per heavy atom. The van der Waals surface area contributed by atoms with Crippen molar-refractivity contribution in [2.45, 2.75) is 45.4 Å². The quantitative estimate of drug-likeness (QED) is 0.312. The standard InChI is InChI=1S/C18H22BNO3.C7H6BrN3/c1-17(2)18(3,4)23-19(22-17)15-10-11-16(21)20(13-15)12-14-8-6-5-7-9-14;8-4-1-6(9)5-3-10-11-7(5)2-4/h5-11,13H,12H2,1-4H3;1-3H,9H2,(H,10,11). The second-order valence-corrected chi connectivity index (χ2v) is 10.2. The molecule has 1 fully saturated rings. The van der Waals surface area contributed by atoms with Crippen LogP contribution in [0.4, 0.5) is 5.69 Å². The van der Waals surface area contributed by atoms with Gasteiger partial charge in [-0.05, 0) is 50.9 Å². The zero-order valence-corrected chi connectivity index (χ0v) is 21.3. The summed E-state index contributed by atoms with van der Waals surface area (Å²) >= 11 is 3.34. The molecule has 0 unspecified atom stereocenters. The summed E-state index contributed by atoms with van der Waals surface area (Å²) in [6.45, 7) is 8.62. The van der Waals surface area contributed by atoms with Crippen LogP contribution in [0.15, 0.2) is 76.3 Å². The van der Waals surface area contributed by atoms with Crippen molar-refractivity contribution < 1.29 is 9.31 Å². The van der Waals surface area contributed by atoms with Gasteiger partial charge in [-0.15, -0.1) is 0 Å². The molecule has 3 heterocycles. The second-order valence-electron chi connectivity index (χ2n) is 9.33. The second kappa shape index (κ2) is 9.41. The first-order chi connectivity index (χ1) is 16.1. The predicted octanol–water partition coefficient (Wildman–Crippen LogP) is 4.10. The number of nitrogens with one attached hydrogen (secondary N) is 1. The van der Waals surface area contributed by atoms with Gasteiger partial charge in [0.15, 0.2) is 0 Å². The first-order valence-corrected chi connectivity index (χ1v) is 11.8. The van der Waals surface area contributed by atoms with Crippen LogP contribution in [0.1, 0.15) is 33.3 Å². The number of benzene rings is 2. The number of rotatable bonds is 3. The summed E-state index contributed by atoms with van der Waals surface area (Å²) < 4.78 is 14.8. The summed E-state index contributed by atoms with van der Waals surface area (Å²) in [7, 11) is -0.456. The predicted molar refractivity (Wildman–Crippen MR) is 140 cm³/mol. The minimum atomic E-state index is -0.456. The summed E-state index contributed by atoms with van der Waals surface area (Å²) in [6.07, 6.45) is 3.55. The van der Waals surface area contributed by atoms with Crippen molar-refractivity contribution in [1.82, 2.24) is 14.8 Å². The molecule has 34 heavy (non-hydrogen) atoms. The summed E-state index contributed by atoms with van der Waals surface area (Å²) in [6, 6.07) is 17.1. The zero-order valence-electron chi connectivity index (χ0n) is 19.7. The van der Waals surface area contributed by atoms with Gasteiger partial charge in [0, 0.05) is 27.8 Å². The van der Waals surface area contributed by atoms with Gasteiger partial charge in [0.05, 0.1) is 29.5 Å². The van der Waals surface area contributed by atoms with Crippen LogP contribution in [-0.4, -0.2) is 33.1 Å². The van der Waals surface area contributed by atoms with Gasteiger partial charge < -0.3 is 19.6 Å². The molecule has 2 aromatic heterocycles. The normalized spacial score (nSPS) is 16.3. The van der Waals surface area contributed by atoms with Gasteiger partial charge in [-0.2, -0.15) is 5.10 Å². The fourth-order valence-electron chi connectivity index (χ4n) is 3.61. The summed E-state index contributed by atoms with van der Waals surface area (Å²) in [4.78, 5) is 12.1. The highest BCUT2D eigenvalue weighted by Gasteiger charge is 2.51. The molecular formula is C25H28BBrN4O3. The van der Waals surface area contributed by atoms with Gasteiger partial charge in [0.2, 0.25) is 0 Å². The lowest BCUT2D eigenvalue weighted by Crippen LogP contribution is -2.41. The molecule has 0 atom stereocenters. The van der Waals surface area contributed by atoms with Crippen LogP contribution < -0.4 is 16.8 Å². The fourth-order valence-corrected chi connectivity index (χ4v) is 4.09. The Bertz CT molecular complexity index is 1340. The number of hydrogen-bond donors (Lipinski definition) is 2. The third-order valence-corrected chi connectivity index (χ3v) is 6.74. The van der Waals surface area contributed by atoms with E-state index in [9.17, 15) is 4.79 Å². The molecule has 0 amide bonds. The van der Waals surface area contributed by atoms with Gasteiger partial charge in [-0.25, -0.2) is 0 Å². The smallest absolute Gasteiger partial charge is 0.399 e. The first kappa shape index (κ1) is 24.3. The van der Waals surface area contributed by atoms with E-state index in [1.165, 1.54) is 0 Å². The zero-order chi connectivity index (χ0) is 24.5. The van der Waals surface area contributed by atoms with E-state index in [-0.39, 0.29) is 5.56 Å². The number of aromatic nitrogens is 3. The molecular weight excluding hydrogens is 495 g/mol. The van der Waals surface area contributed by atoms with E-state index in [0.29, 0.717) is 6.54 Å². The number of fused-ring (bicyclic) bond motifs is 1. The summed E-state index contributed by atoms with van der Waals surface area (Å²) in [5.74, 6) is 0. The number of nitrogens with zero attached hydrogens (tertiary/aromatic N) is 2. The number of nitrogen functional groups attached to an aromatic ring is 1. The van der Waals surface area contributed by atoms with Gasteiger partial charge in [-0.3, -0.25) is 9.89 Å². The molecule has 9 heteroatoms. The SMILES string of the molecule is CC1(C)OB(c2ccc(=O)n(Cc3ccccc3)c2)OC1(C)C.Nc1cc(Br)cc2[nH]ncc12. The third-order valence-electron chi connectivity index (χ3n) is 6.28. The van der Waals surface area contributed by atoms with E-state index < -0.39 is 18.3 Å². The van der Waals surface area contributed by atoms with Crippen molar-refractivity contribution in [1.29, 1.82) is 0 Å². The minimum absolute atomic E-state index is 0.0332. The van der Waals surface area contributed by atoms with Crippen molar-refractivity contribution in [2.75, 3.05) is 5.73 Å². The van der Waals surface area contributed by atoms with E-state index in [1.54, 1.807) is 22.9 Å². The molecule has 1 saturated heterocycles. The Hall–Kier alpha value is -2.88. The van der Waals surface area contributed by atoms with Crippen LogP contribution in [0.3, 0.4) is 0 Å². The lowest BCUT2D eigenvalue weighted by atomic mass is 9.80. The summed E-state index contributed by atoms with van der Waals surface area (Å²) in [5.41, 5.74) is 8.54. The number of aromatic amines is 1. The molecule has 7 nitrogen and oxygen atoms in total. The Kier molecular flexibility index (Phi) is 6.71. The van der Waals surface area contributed by atoms with E-state index in [0.717, 1.165) is 32.1 Å². The van der Waals surface area contributed by atoms with Gasteiger partial charge >= 0.3 is 7.12 Å². The number of pyridine rings is 1. The Morgan fingerprint density at radius 1 is 1.06 bits per heavy atom. The Labute approximate surface area is 207 Å². The molecule has 0 spiro atoms. The monoisotopic (exact) mass is 522 g/mol. The molecule has 4 aromatic rings. The van der Waals surface area contributed by atoms with E-state index in [2.05, 4.69) is 26.1 Å². The lowest BCUT2D eigenvalue weighted by molar-refractivity contribution is 0.00578. The maximum atomic E-state index is 12.1. The third kappa shape index (κ3) is 5.11. The maximum absolute atomic E-state index is 12.1. The molecule has 5 rings (SSSR count). The average molecular weight is 523 g/mol. The lowest BCUT2D eigenvalue weighted by Gasteiger charge is -2.32. The average Bonchev–Trinajstić information content (AvgIpc) is 3.32. The topological polar surface area (TPSA) is 95.2 Å². The molecule has 0 aliphatic carbocycles. The van der Waals surface area contributed by atoms with Crippen molar-refractivity contribution in [3.63, 3.8) is 0 Å². The van der Waals surface area contributed by atoms with E-state index >= 15 is 0 Å². The highest BCUT2D eigenvalue weighted by atomic mass is 79.9. The van der Waals surface area contributed by atoms with E-state index in [4.69, 9.17) is 15.0 Å². The van der Waals surface area contributed by atoms with E-state index in [1.807, 2.05) is 76.4 Å². The Morgan fingerprint density at radius 3 is 2.41 bits per heavy atom. The van der Waals surface area contributed by atoms with Gasteiger partial charge in [-0.1, -0.05) is 52.3 Å². The van der Waals surface area contributed by atoms with Crippen LogP contribution in [0, 0.1) is 0 Å². The highest BCUT2D eigenvalue weighted by Crippen LogP contribution is 2.36. The van der Waals surface area contributed by atoms with Crippen LogP contribution >= 0.6 is 15.9 Å². The van der Waals surface area contributed by atoms with Crippen molar-refractivity contribution in [2.24, 2.45) is 0 Å². The van der Waals surface area contributed by atoms with Crippen LogP contribution in [0.2, 0.25) is 0 Å². The summed E-state index contributed by atoms with van der Waals surface area (Å²) in [5, 5.41) is 7.68. The number of H-pyrrole nitrogens is 1. The number of hydrogen-bond acceptors (Lipinski definition) is 5. The minimum Gasteiger partial charge on any atom is -0.399 e. The molecule has 0 saturated carbocycles. The molecule has 0 radical (unpaired) electrons. The number of anilines is 1. The Balaban J connectivity index is 0.000000207. The largest absolute Gasteiger partial charge is 0.496 e. The van der Waals surface area contributed by atoms with Crippen molar-refractivity contribution in [3.8, 4) is 0 Å². The van der Waals surface area contributed by atoms with Gasteiger partial charge in [0.1, 0.15) is 0 Å². The van der Waals surface area contributed by atoms with Crippen LogP contribution in [0.5, 0.6) is 0 Å². The maximum Gasteiger partial charge on any atom is 0.496 e. The number of nitrogens with two attached hydrogens (primary N) is 1. The molecule has 3 N–H and O–H groups in total. The van der Waals surface area contributed by atoms with Gasteiger partial charge in [0.25, 0.3) is 5.56 Å². The molecule has 1 aliphatic rings. The first-order valence-electron chi connectivity index (χ1n) is 11.0. The van der Waals surface area contributed by atoms with Crippen molar-refractivity contribution in [3.05, 3.63) is 87.4 Å². The highest BCUT2D eigenvalue weighted by molar-refractivity contribution is 9.10. The fraction of sp³-hybridized carbons (Fsp3) is 0.280. The van der Waals surface area contributed by atoms with Crippen LogP contribution in [-0.2, 0) is 15.9 Å².